The monoisotopic (exact) mass is 291 g/mol. The molecule has 0 spiro atoms. The van der Waals surface area contributed by atoms with Crippen molar-refractivity contribution < 1.29 is 4.39 Å². The van der Waals surface area contributed by atoms with Crippen molar-refractivity contribution in [1.29, 1.82) is 0 Å². The summed E-state index contributed by atoms with van der Waals surface area (Å²) in [7, 11) is 0. The Bertz CT molecular complexity index is 583. The highest BCUT2D eigenvalue weighted by Crippen LogP contribution is 2.23. The van der Waals surface area contributed by atoms with E-state index in [2.05, 4.69) is 18.3 Å². The first-order valence-corrected chi connectivity index (χ1v) is 7.22. The number of likely N-dealkylation sites (N-methyl/N-ethyl adjacent to an activating group) is 1. The summed E-state index contributed by atoms with van der Waals surface area (Å²) in [6, 6.07) is 13.0. The van der Waals surface area contributed by atoms with E-state index in [4.69, 9.17) is 11.6 Å². The smallest absolute Gasteiger partial charge is 0.123 e. The summed E-state index contributed by atoms with van der Waals surface area (Å²) in [6.07, 6.45) is 0.834. The minimum Gasteiger partial charge on any atom is -0.310 e. The fourth-order valence-electron chi connectivity index (χ4n) is 2.47. The Morgan fingerprint density at radius 2 is 2.00 bits per heavy atom. The highest BCUT2D eigenvalue weighted by atomic mass is 35.5. The molecular weight excluding hydrogens is 273 g/mol. The molecule has 1 nitrogen and oxygen atoms in total. The van der Waals surface area contributed by atoms with Gasteiger partial charge in [-0.25, -0.2) is 4.39 Å². The standard InChI is InChI=1S/C17H19ClFN/c1-3-20-17(11-13-5-4-6-14(18)10-13)16-8-7-15(19)9-12(16)2/h4-10,17,20H,3,11H2,1-2H3. The molecule has 0 aliphatic carbocycles. The number of halogens is 2. The van der Waals surface area contributed by atoms with Gasteiger partial charge in [0.05, 0.1) is 0 Å². The third kappa shape index (κ3) is 3.81. The molecule has 0 saturated carbocycles. The first-order chi connectivity index (χ1) is 9.60. The van der Waals surface area contributed by atoms with Gasteiger partial charge in [0, 0.05) is 11.1 Å². The van der Waals surface area contributed by atoms with Crippen molar-refractivity contribution in [2.45, 2.75) is 26.3 Å². The van der Waals surface area contributed by atoms with E-state index in [1.54, 1.807) is 6.07 Å². The second kappa shape index (κ2) is 6.87. The molecule has 3 heteroatoms. The normalized spacial score (nSPS) is 12.4. The molecule has 0 aliphatic heterocycles. The van der Waals surface area contributed by atoms with Gasteiger partial charge < -0.3 is 5.32 Å². The molecule has 0 heterocycles. The Morgan fingerprint density at radius 3 is 2.65 bits per heavy atom. The first kappa shape index (κ1) is 15.0. The average molecular weight is 292 g/mol. The number of benzene rings is 2. The van der Waals surface area contributed by atoms with Crippen LogP contribution < -0.4 is 5.32 Å². The van der Waals surface area contributed by atoms with Crippen LogP contribution in [-0.2, 0) is 6.42 Å². The first-order valence-electron chi connectivity index (χ1n) is 6.84. The number of hydrogen-bond donors (Lipinski definition) is 1. The van der Waals surface area contributed by atoms with Crippen molar-refractivity contribution in [2.24, 2.45) is 0 Å². The maximum atomic E-state index is 13.2. The molecule has 0 radical (unpaired) electrons. The Balaban J connectivity index is 2.26. The summed E-state index contributed by atoms with van der Waals surface area (Å²) in [5.41, 5.74) is 3.28. The van der Waals surface area contributed by atoms with Crippen LogP contribution in [0.3, 0.4) is 0 Å². The Hall–Kier alpha value is -1.38. The molecule has 1 unspecified atom stereocenters. The topological polar surface area (TPSA) is 12.0 Å². The van der Waals surface area contributed by atoms with Gasteiger partial charge in [0.1, 0.15) is 5.82 Å². The summed E-state index contributed by atoms with van der Waals surface area (Å²) in [6.45, 7) is 4.88. The van der Waals surface area contributed by atoms with Crippen LogP contribution in [0.5, 0.6) is 0 Å². The van der Waals surface area contributed by atoms with E-state index in [-0.39, 0.29) is 11.9 Å². The van der Waals surface area contributed by atoms with Crippen LogP contribution in [0.15, 0.2) is 42.5 Å². The molecule has 20 heavy (non-hydrogen) atoms. The Kier molecular flexibility index (Phi) is 5.16. The lowest BCUT2D eigenvalue weighted by Crippen LogP contribution is -2.23. The minimum atomic E-state index is -0.191. The van der Waals surface area contributed by atoms with Crippen molar-refractivity contribution in [3.63, 3.8) is 0 Å². The lowest BCUT2D eigenvalue weighted by molar-refractivity contribution is 0.544. The molecule has 0 amide bonds. The molecule has 0 bridgehead atoms. The van der Waals surface area contributed by atoms with Gasteiger partial charge in [-0.05, 0) is 60.8 Å². The van der Waals surface area contributed by atoms with Crippen LogP contribution in [0.25, 0.3) is 0 Å². The molecule has 0 aliphatic rings. The van der Waals surface area contributed by atoms with Crippen molar-refractivity contribution in [1.82, 2.24) is 5.32 Å². The molecule has 106 valence electrons. The Labute approximate surface area is 124 Å². The van der Waals surface area contributed by atoms with E-state index in [0.29, 0.717) is 0 Å². The summed E-state index contributed by atoms with van der Waals surface area (Å²) >= 11 is 6.03. The summed E-state index contributed by atoms with van der Waals surface area (Å²) in [4.78, 5) is 0. The number of nitrogens with one attached hydrogen (secondary N) is 1. The summed E-state index contributed by atoms with van der Waals surface area (Å²) < 4.78 is 13.2. The lowest BCUT2D eigenvalue weighted by atomic mass is 9.95. The largest absolute Gasteiger partial charge is 0.310 e. The van der Waals surface area contributed by atoms with Gasteiger partial charge in [0.2, 0.25) is 0 Å². The lowest BCUT2D eigenvalue weighted by Gasteiger charge is -2.20. The fourth-order valence-corrected chi connectivity index (χ4v) is 2.68. The van der Waals surface area contributed by atoms with Crippen molar-refractivity contribution in [3.05, 3.63) is 70.0 Å². The van der Waals surface area contributed by atoms with Gasteiger partial charge in [0.15, 0.2) is 0 Å². The second-order valence-electron chi connectivity index (χ2n) is 4.95. The molecular formula is C17H19ClFN. The van der Waals surface area contributed by atoms with Gasteiger partial charge in [-0.1, -0.05) is 36.7 Å². The van der Waals surface area contributed by atoms with E-state index >= 15 is 0 Å². The number of hydrogen-bond acceptors (Lipinski definition) is 1. The molecule has 2 rings (SSSR count). The van der Waals surface area contributed by atoms with Crippen LogP contribution in [0, 0.1) is 12.7 Å². The Morgan fingerprint density at radius 1 is 1.20 bits per heavy atom. The molecule has 1 N–H and O–H groups in total. The SMILES string of the molecule is CCNC(Cc1cccc(Cl)c1)c1ccc(F)cc1C. The molecule has 0 aromatic heterocycles. The highest BCUT2D eigenvalue weighted by Gasteiger charge is 2.14. The van der Waals surface area contributed by atoms with E-state index in [9.17, 15) is 4.39 Å². The fraction of sp³-hybridized carbons (Fsp3) is 0.294. The molecule has 2 aromatic rings. The van der Waals surface area contributed by atoms with Crippen LogP contribution in [-0.4, -0.2) is 6.54 Å². The molecule has 1 atom stereocenters. The van der Waals surface area contributed by atoms with Gasteiger partial charge in [-0.3, -0.25) is 0 Å². The van der Waals surface area contributed by atoms with Gasteiger partial charge in [-0.15, -0.1) is 0 Å². The van der Waals surface area contributed by atoms with Crippen molar-refractivity contribution in [3.8, 4) is 0 Å². The highest BCUT2D eigenvalue weighted by molar-refractivity contribution is 6.30. The summed E-state index contributed by atoms with van der Waals surface area (Å²) in [5.74, 6) is -0.191. The van der Waals surface area contributed by atoms with Crippen molar-refractivity contribution in [2.75, 3.05) is 6.54 Å². The molecule has 0 saturated heterocycles. The molecule has 0 fully saturated rings. The predicted octanol–water partition coefficient (Wildman–Crippen LogP) is 4.68. The van der Waals surface area contributed by atoms with E-state index in [1.807, 2.05) is 31.2 Å². The van der Waals surface area contributed by atoms with Crippen LogP contribution >= 0.6 is 11.6 Å². The zero-order valence-electron chi connectivity index (χ0n) is 11.8. The zero-order valence-corrected chi connectivity index (χ0v) is 12.5. The van der Waals surface area contributed by atoms with Gasteiger partial charge in [-0.2, -0.15) is 0 Å². The van der Waals surface area contributed by atoms with Crippen LogP contribution in [0.1, 0.15) is 29.7 Å². The number of aryl methyl sites for hydroxylation is 1. The average Bonchev–Trinajstić information content (AvgIpc) is 2.38. The van der Waals surface area contributed by atoms with E-state index < -0.39 is 0 Å². The summed E-state index contributed by atoms with van der Waals surface area (Å²) in [5, 5.41) is 4.21. The second-order valence-corrected chi connectivity index (χ2v) is 5.38. The van der Waals surface area contributed by atoms with Crippen LogP contribution in [0.4, 0.5) is 4.39 Å². The predicted molar refractivity (Wildman–Crippen MR) is 82.7 cm³/mol. The quantitative estimate of drug-likeness (QED) is 0.843. The number of rotatable bonds is 5. The van der Waals surface area contributed by atoms with Crippen LogP contribution in [0.2, 0.25) is 5.02 Å². The minimum absolute atomic E-state index is 0.166. The van der Waals surface area contributed by atoms with E-state index in [0.717, 1.165) is 29.1 Å². The van der Waals surface area contributed by atoms with E-state index in [1.165, 1.54) is 11.6 Å². The van der Waals surface area contributed by atoms with Gasteiger partial charge >= 0.3 is 0 Å². The third-order valence-corrected chi connectivity index (χ3v) is 3.62. The van der Waals surface area contributed by atoms with Crippen molar-refractivity contribution >= 4 is 11.6 Å². The zero-order chi connectivity index (χ0) is 14.5. The maximum Gasteiger partial charge on any atom is 0.123 e. The maximum absolute atomic E-state index is 13.2. The molecule has 2 aromatic carbocycles. The van der Waals surface area contributed by atoms with Gasteiger partial charge in [0.25, 0.3) is 0 Å². The third-order valence-electron chi connectivity index (χ3n) is 3.39.